The van der Waals surface area contributed by atoms with Gasteiger partial charge in [-0.05, 0) is 45.8 Å². The molecular formula is C22H12BrClN2O4S. The minimum Gasteiger partial charge on any atom is -0.454 e. The molecule has 0 bridgehead atoms. The number of hydrogen-bond donors (Lipinski definition) is 1. The third kappa shape index (κ3) is 3.05. The maximum Gasteiger partial charge on any atom is 0.231 e. The van der Waals surface area contributed by atoms with E-state index < -0.39 is 0 Å². The van der Waals surface area contributed by atoms with E-state index in [0.717, 1.165) is 22.0 Å². The van der Waals surface area contributed by atoms with Crippen molar-refractivity contribution in [2.45, 2.75) is 6.42 Å². The highest BCUT2D eigenvalue weighted by molar-refractivity contribution is 9.10. The van der Waals surface area contributed by atoms with Crippen LogP contribution in [0.25, 0.3) is 32.6 Å². The van der Waals surface area contributed by atoms with Crippen LogP contribution in [0.15, 0.2) is 55.6 Å². The Morgan fingerprint density at radius 1 is 1.16 bits per heavy atom. The summed E-state index contributed by atoms with van der Waals surface area (Å²) in [7, 11) is 0. The van der Waals surface area contributed by atoms with E-state index >= 15 is 0 Å². The van der Waals surface area contributed by atoms with Crippen LogP contribution in [0.4, 0.5) is 0 Å². The molecule has 2 aromatic carbocycles. The molecule has 4 heterocycles. The molecule has 3 aromatic heterocycles. The second-order valence-electron chi connectivity index (χ2n) is 7.08. The van der Waals surface area contributed by atoms with Crippen molar-refractivity contribution in [1.82, 2.24) is 9.97 Å². The summed E-state index contributed by atoms with van der Waals surface area (Å²) in [6, 6.07) is 9.13. The summed E-state index contributed by atoms with van der Waals surface area (Å²) in [6.45, 7) is 0.218. The molecule has 0 fully saturated rings. The van der Waals surface area contributed by atoms with Gasteiger partial charge in [0.1, 0.15) is 5.01 Å². The number of hydrogen-bond acceptors (Lipinski definition) is 6. The van der Waals surface area contributed by atoms with Crippen LogP contribution in [0.5, 0.6) is 11.5 Å². The Bertz CT molecular complexity index is 1540. The summed E-state index contributed by atoms with van der Waals surface area (Å²) in [5.74, 6) is 1.43. The number of aromatic nitrogens is 2. The Balaban J connectivity index is 1.61. The summed E-state index contributed by atoms with van der Waals surface area (Å²) < 4.78 is 17.8. The smallest absolute Gasteiger partial charge is 0.231 e. The van der Waals surface area contributed by atoms with Crippen molar-refractivity contribution < 1.29 is 13.9 Å². The maximum atomic E-state index is 13.5. The lowest BCUT2D eigenvalue weighted by Gasteiger charge is -2.04. The summed E-state index contributed by atoms with van der Waals surface area (Å²) in [5, 5.41) is 3.92. The van der Waals surface area contributed by atoms with Crippen molar-refractivity contribution in [3.63, 3.8) is 0 Å². The molecule has 0 saturated heterocycles. The third-order valence-electron chi connectivity index (χ3n) is 5.18. The zero-order valence-electron chi connectivity index (χ0n) is 15.7. The molecule has 5 aromatic rings. The third-order valence-corrected chi connectivity index (χ3v) is 6.77. The fourth-order valence-corrected chi connectivity index (χ4v) is 5.35. The average molecular weight is 516 g/mol. The fourth-order valence-electron chi connectivity index (χ4n) is 3.82. The monoisotopic (exact) mass is 514 g/mol. The molecule has 1 aliphatic rings. The number of rotatable bonds is 3. The zero-order valence-corrected chi connectivity index (χ0v) is 18.9. The van der Waals surface area contributed by atoms with Crippen molar-refractivity contribution in [2.24, 2.45) is 0 Å². The van der Waals surface area contributed by atoms with E-state index in [4.69, 9.17) is 25.5 Å². The van der Waals surface area contributed by atoms with Gasteiger partial charge in [-0.1, -0.05) is 17.7 Å². The second-order valence-corrected chi connectivity index (χ2v) is 9.27. The molecule has 0 spiro atoms. The van der Waals surface area contributed by atoms with Gasteiger partial charge in [0.25, 0.3) is 0 Å². The molecule has 0 unspecified atom stereocenters. The van der Waals surface area contributed by atoms with Crippen molar-refractivity contribution >= 4 is 60.8 Å². The van der Waals surface area contributed by atoms with Gasteiger partial charge in [-0.3, -0.25) is 4.79 Å². The first-order valence-electron chi connectivity index (χ1n) is 9.33. The lowest BCUT2D eigenvalue weighted by atomic mass is 10.1. The summed E-state index contributed by atoms with van der Waals surface area (Å²) >= 11 is 11.1. The zero-order chi connectivity index (χ0) is 21.1. The Hall–Kier alpha value is -2.81. The Morgan fingerprint density at radius 2 is 2.03 bits per heavy atom. The number of aromatic amines is 1. The lowest BCUT2D eigenvalue weighted by Crippen LogP contribution is -2.02. The molecule has 31 heavy (non-hydrogen) atoms. The molecule has 1 N–H and O–H groups in total. The molecule has 6 rings (SSSR count). The van der Waals surface area contributed by atoms with Crippen LogP contribution in [0.1, 0.15) is 11.3 Å². The number of ether oxygens (including phenoxy) is 2. The maximum absolute atomic E-state index is 13.5. The number of thiazole rings is 1. The number of nitrogens with one attached hydrogen (secondary N) is 1. The van der Waals surface area contributed by atoms with Crippen molar-refractivity contribution in [2.75, 3.05) is 6.79 Å². The second kappa shape index (κ2) is 7.12. The standard InChI is InChI=1S/C22H12BrClN2O4S/c23-13-8-11(24)7-12-19(27)17-18(22-25-3-4-31-22)26-14(21(17)30-20(12)13)5-10-1-2-15-16(6-10)29-9-28-15/h1-4,6-8,26H,5,9H2. The van der Waals surface area contributed by atoms with Crippen molar-refractivity contribution in [1.29, 1.82) is 0 Å². The van der Waals surface area contributed by atoms with Crippen LogP contribution in [0, 0.1) is 0 Å². The first-order valence-corrected chi connectivity index (χ1v) is 11.4. The summed E-state index contributed by atoms with van der Waals surface area (Å²) in [4.78, 5) is 21.3. The van der Waals surface area contributed by atoms with Crippen molar-refractivity contribution in [3.8, 4) is 22.2 Å². The Labute approximate surface area is 192 Å². The largest absolute Gasteiger partial charge is 0.454 e. The molecule has 9 heteroatoms. The quantitative estimate of drug-likeness (QED) is 0.313. The lowest BCUT2D eigenvalue weighted by molar-refractivity contribution is 0.174. The Kier molecular flexibility index (Phi) is 4.34. The summed E-state index contributed by atoms with van der Waals surface area (Å²) in [6.07, 6.45) is 2.22. The number of H-pyrrole nitrogens is 1. The van der Waals surface area contributed by atoms with Gasteiger partial charge >= 0.3 is 0 Å². The van der Waals surface area contributed by atoms with Gasteiger partial charge in [0, 0.05) is 23.0 Å². The predicted octanol–water partition coefficient (Wildman–Crippen LogP) is 6.13. The minimum atomic E-state index is -0.155. The van der Waals surface area contributed by atoms with Crippen LogP contribution in [0.2, 0.25) is 5.02 Å². The highest BCUT2D eigenvalue weighted by Gasteiger charge is 2.23. The van der Waals surface area contributed by atoms with Gasteiger partial charge in [-0.25, -0.2) is 4.98 Å². The average Bonchev–Trinajstić information content (AvgIpc) is 3.49. The van der Waals surface area contributed by atoms with Crippen LogP contribution < -0.4 is 14.9 Å². The molecule has 0 radical (unpaired) electrons. The number of fused-ring (bicyclic) bond motifs is 3. The van der Waals surface area contributed by atoms with Crippen molar-refractivity contribution in [3.05, 3.63) is 72.9 Å². The van der Waals surface area contributed by atoms with E-state index in [9.17, 15) is 4.79 Å². The van der Waals surface area contributed by atoms with Gasteiger partial charge in [0.2, 0.25) is 12.2 Å². The highest BCUT2D eigenvalue weighted by Crippen LogP contribution is 2.37. The highest BCUT2D eigenvalue weighted by atomic mass is 79.9. The fraction of sp³-hybridized carbons (Fsp3) is 0.0909. The number of benzene rings is 2. The number of halogens is 2. The Morgan fingerprint density at radius 3 is 2.87 bits per heavy atom. The summed E-state index contributed by atoms with van der Waals surface area (Å²) in [5.41, 5.74) is 3.23. The first kappa shape index (κ1) is 18.9. The van der Waals surface area contributed by atoms with Crippen LogP contribution in [-0.4, -0.2) is 16.8 Å². The van der Waals surface area contributed by atoms with E-state index in [1.54, 1.807) is 18.3 Å². The van der Waals surface area contributed by atoms with Crippen LogP contribution >= 0.6 is 38.9 Å². The van der Waals surface area contributed by atoms with Gasteiger partial charge in [-0.15, -0.1) is 11.3 Å². The molecule has 0 atom stereocenters. The molecule has 6 nitrogen and oxygen atoms in total. The topological polar surface area (TPSA) is 77.4 Å². The minimum absolute atomic E-state index is 0.155. The van der Waals surface area contributed by atoms with E-state index in [1.807, 2.05) is 23.6 Å². The van der Waals surface area contributed by atoms with Gasteiger partial charge in [-0.2, -0.15) is 0 Å². The van der Waals surface area contributed by atoms with Gasteiger partial charge in [0.05, 0.1) is 26.6 Å². The molecule has 0 saturated carbocycles. The van der Waals surface area contributed by atoms with E-state index in [-0.39, 0.29) is 12.2 Å². The number of nitrogens with zero attached hydrogens (tertiary/aromatic N) is 1. The molecular weight excluding hydrogens is 504 g/mol. The van der Waals surface area contributed by atoms with E-state index in [2.05, 4.69) is 25.9 Å². The molecule has 154 valence electrons. The molecule has 0 aliphatic carbocycles. The SMILES string of the molecule is O=c1c2cc(Cl)cc(Br)c2oc2c(Cc3ccc4c(c3)OCO4)[nH]c(-c3nccs3)c12. The predicted molar refractivity (Wildman–Crippen MR) is 124 cm³/mol. The normalized spacial score (nSPS) is 12.8. The van der Waals surface area contributed by atoms with E-state index in [1.165, 1.54) is 11.3 Å². The molecule has 1 aliphatic heterocycles. The van der Waals surface area contributed by atoms with Gasteiger partial charge in [0.15, 0.2) is 22.7 Å². The van der Waals surface area contributed by atoms with Crippen LogP contribution in [-0.2, 0) is 6.42 Å². The van der Waals surface area contributed by atoms with E-state index in [0.29, 0.717) is 49.3 Å². The first-order chi connectivity index (χ1) is 15.1. The van der Waals surface area contributed by atoms with Gasteiger partial charge < -0.3 is 18.9 Å². The van der Waals surface area contributed by atoms with Crippen LogP contribution in [0.3, 0.4) is 0 Å². The molecule has 0 amide bonds.